The van der Waals surface area contributed by atoms with Gasteiger partial charge in [0.1, 0.15) is 29.6 Å². The maximum Gasteiger partial charge on any atom is 0.357 e. The number of aliphatic imine (C=N–C) groups is 1. The minimum atomic E-state index is -0.221. The maximum absolute atomic E-state index is 5.61. The van der Waals surface area contributed by atoms with E-state index in [0.717, 1.165) is 34.5 Å². The third-order valence-corrected chi connectivity index (χ3v) is 14.0. The number of rotatable bonds is 10. The fourth-order valence-corrected chi connectivity index (χ4v) is 9.77. The summed E-state index contributed by atoms with van der Waals surface area (Å²) in [6.07, 6.45) is 0. The number of hydrogen-bond acceptors (Lipinski definition) is 6. The van der Waals surface area contributed by atoms with Gasteiger partial charge in [0.2, 0.25) is 0 Å². The van der Waals surface area contributed by atoms with Gasteiger partial charge in [-0.3, -0.25) is 0 Å². The van der Waals surface area contributed by atoms with Crippen LogP contribution in [-0.4, -0.2) is 35.6 Å². The highest BCUT2D eigenvalue weighted by molar-refractivity contribution is 5.98. The fraction of sp³-hybridized carbons (Fsp3) is 0.387. The van der Waals surface area contributed by atoms with Crippen molar-refractivity contribution in [3.63, 3.8) is 0 Å². The number of halogens is 1. The summed E-state index contributed by atoms with van der Waals surface area (Å²) in [6, 6.07) is 53.1. The molecule has 0 fully saturated rings. The largest absolute Gasteiger partial charge is 1.00 e. The molecule has 8 rings (SSSR count). The number of nitrogens with zero attached hydrogens (tertiary/aromatic N) is 3. The van der Waals surface area contributed by atoms with E-state index in [-0.39, 0.29) is 58.2 Å². The van der Waals surface area contributed by atoms with Crippen LogP contribution in [-0.2, 0) is 34.7 Å². The number of benzene rings is 6. The molecule has 368 valence electrons. The lowest BCUT2D eigenvalue weighted by atomic mass is 9.79. The second kappa shape index (κ2) is 20.4. The van der Waals surface area contributed by atoms with Crippen LogP contribution in [0.2, 0.25) is 0 Å². The summed E-state index contributed by atoms with van der Waals surface area (Å²) >= 11 is 0. The quantitative estimate of drug-likeness (QED) is 0.134. The van der Waals surface area contributed by atoms with E-state index in [4.69, 9.17) is 14.5 Å². The third-order valence-electron chi connectivity index (χ3n) is 14.0. The third kappa shape index (κ3) is 11.4. The predicted octanol–water partition coefficient (Wildman–Crippen LogP) is 10.8. The zero-order valence-corrected chi connectivity index (χ0v) is 44.9. The Morgan fingerprint density at radius 1 is 0.529 bits per heavy atom. The van der Waals surface area contributed by atoms with E-state index < -0.39 is 0 Å². The molecule has 2 aliphatic heterocycles. The molecule has 0 aliphatic carbocycles. The van der Waals surface area contributed by atoms with Crippen molar-refractivity contribution in [1.29, 1.82) is 0 Å². The molecule has 8 heteroatoms. The van der Waals surface area contributed by atoms with Crippen molar-refractivity contribution in [1.82, 2.24) is 15.5 Å². The zero-order valence-electron chi connectivity index (χ0n) is 44.1. The smallest absolute Gasteiger partial charge is 0.357 e. The first-order valence-electron chi connectivity index (χ1n) is 24.8. The summed E-state index contributed by atoms with van der Waals surface area (Å²) < 4.78 is 13.8. The van der Waals surface area contributed by atoms with E-state index in [1.807, 2.05) is 24.3 Å². The van der Waals surface area contributed by atoms with Crippen LogP contribution in [0.4, 0.5) is 0 Å². The molecule has 0 unspecified atom stereocenters. The summed E-state index contributed by atoms with van der Waals surface area (Å²) in [6.45, 7) is 29.3. The van der Waals surface area contributed by atoms with Gasteiger partial charge in [-0.15, -0.1) is 0 Å². The van der Waals surface area contributed by atoms with E-state index in [1.165, 1.54) is 44.5 Å². The minimum absolute atomic E-state index is 0. The SMILES string of the molecule is COc1ccc([C@@H]2N=C(NC3=[N+](Cc4cc(C(C)(C)C)cc(C(C)(C)C)c4)[C@@H](c4ccccc4)[C@H](c4ccccc4)N3Cc3cc(C(C)(C)C)cc(C(C)(C)C)c3)N[C@H]2c2ccc(OC)cc2)cc1.[Cl-]. The number of methoxy groups -OCH3 is 2. The molecule has 6 aromatic rings. The van der Waals surface area contributed by atoms with Crippen LogP contribution in [0.3, 0.4) is 0 Å². The fourth-order valence-electron chi connectivity index (χ4n) is 9.77. The van der Waals surface area contributed by atoms with Crippen molar-refractivity contribution < 1.29 is 26.5 Å². The van der Waals surface area contributed by atoms with Gasteiger partial charge in [0.05, 0.1) is 33.4 Å². The van der Waals surface area contributed by atoms with Crippen LogP contribution < -0.4 is 32.5 Å². The Balaban J connectivity index is 0.00000722. The Morgan fingerprint density at radius 3 is 1.40 bits per heavy atom. The normalized spacial score (nSPS) is 18.5. The molecule has 2 heterocycles. The Labute approximate surface area is 425 Å². The zero-order chi connectivity index (χ0) is 49.5. The standard InChI is InChI=1S/C62H75N5O2.ClH/c1-59(2,3)47-33-41(34-48(37-47)60(4,5)6)39-66-55(45-21-17-15-18-22-45)56(46-23-19-16-20-24-46)67(40-42-35-49(61(7,8)9)38-50(36-42)62(10,11)12)58(66)65-57-63-53(43-25-29-51(68-13)30-26-43)54(64-57)44-27-31-52(69-14)32-28-44;/h15-38,53-56H,39-40H2,1-14H3,(H,63,64);1H/t53-,54-,55-,56-;/m0./s1. The Bertz CT molecular complexity index is 2730. The van der Waals surface area contributed by atoms with Gasteiger partial charge < -0.3 is 27.2 Å². The average molecular weight is 959 g/mol. The molecule has 2 N–H and O–H groups in total. The van der Waals surface area contributed by atoms with E-state index >= 15 is 0 Å². The van der Waals surface area contributed by atoms with Gasteiger partial charge in [0.25, 0.3) is 5.96 Å². The van der Waals surface area contributed by atoms with Crippen LogP contribution in [0, 0.1) is 0 Å². The topological polar surface area (TPSA) is 61.1 Å². The molecule has 0 radical (unpaired) electrons. The maximum atomic E-state index is 5.61. The van der Waals surface area contributed by atoms with Gasteiger partial charge in [-0.1, -0.05) is 204 Å². The van der Waals surface area contributed by atoms with Crippen LogP contribution in [0.5, 0.6) is 11.5 Å². The van der Waals surface area contributed by atoms with E-state index in [2.05, 4.69) is 225 Å². The van der Waals surface area contributed by atoms with Gasteiger partial charge in [-0.25, -0.2) is 19.8 Å². The van der Waals surface area contributed by atoms with Crippen molar-refractivity contribution in [2.24, 2.45) is 4.99 Å². The molecule has 0 amide bonds. The lowest BCUT2D eigenvalue weighted by Crippen LogP contribution is -3.00. The highest BCUT2D eigenvalue weighted by Crippen LogP contribution is 2.45. The number of guanidine groups is 2. The second-order valence-corrected chi connectivity index (χ2v) is 23.3. The molecule has 0 bridgehead atoms. The highest BCUT2D eigenvalue weighted by atomic mass is 35.5. The summed E-state index contributed by atoms with van der Waals surface area (Å²) in [5, 5.41) is 8.04. The first-order valence-corrected chi connectivity index (χ1v) is 24.8. The Morgan fingerprint density at radius 2 is 0.957 bits per heavy atom. The Hall–Kier alpha value is -6.05. The molecule has 4 atom stereocenters. The predicted molar refractivity (Wildman–Crippen MR) is 286 cm³/mol. The van der Waals surface area contributed by atoms with Crippen molar-refractivity contribution in [2.75, 3.05) is 14.2 Å². The molecule has 7 nitrogen and oxygen atoms in total. The first-order chi connectivity index (χ1) is 32.6. The molecular formula is C62H76ClN5O2. The number of ether oxygens (including phenoxy) is 2. The lowest BCUT2D eigenvalue weighted by Gasteiger charge is -2.29. The van der Waals surface area contributed by atoms with Crippen LogP contribution >= 0.6 is 0 Å². The van der Waals surface area contributed by atoms with Crippen molar-refractivity contribution in [3.05, 3.63) is 201 Å². The molecule has 0 saturated carbocycles. The minimum Gasteiger partial charge on any atom is -1.00 e. The van der Waals surface area contributed by atoms with Gasteiger partial charge in [0, 0.05) is 0 Å². The first kappa shape index (κ1) is 51.8. The molecule has 0 aromatic heterocycles. The van der Waals surface area contributed by atoms with E-state index in [9.17, 15) is 0 Å². The van der Waals surface area contributed by atoms with Crippen molar-refractivity contribution >= 4 is 11.9 Å². The van der Waals surface area contributed by atoms with Gasteiger partial charge in [0.15, 0.2) is 0 Å². The van der Waals surface area contributed by atoms with Gasteiger partial charge in [-0.05, 0) is 102 Å². The van der Waals surface area contributed by atoms with Crippen molar-refractivity contribution in [2.45, 2.75) is 142 Å². The number of hydrogen-bond donors (Lipinski definition) is 2. The molecule has 0 saturated heterocycles. The number of nitrogens with one attached hydrogen (secondary N) is 2. The monoisotopic (exact) mass is 958 g/mol. The lowest BCUT2D eigenvalue weighted by molar-refractivity contribution is -0.583. The molecular weight excluding hydrogens is 882 g/mol. The van der Waals surface area contributed by atoms with Crippen LogP contribution in [0.1, 0.15) is 163 Å². The second-order valence-electron chi connectivity index (χ2n) is 23.3. The summed E-state index contributed by atoms with van der Waals surface area (Å²) in [5.41, 5.74) is 12.5. The average Bonchev–Trinajstić information content (AvgIpc) is 3.87. The van der Waals surface area contributed by atoms with Crippen LogP contribution in [0.15, 0.2) is 151 Å². The van der Waals surface area contributed by atoms with Gasteiger partial charge in [-0.2, -0.15) is 0 Å². The molecule has 0 spiro atoms. The molecule has 6 aromatic carbocycles. The van der Waals surface area contributed by atoms with E-state index in [1.54, 1.807) is 14.2 Å². The van der Waals surface area contributed by atoms with E-state index in [0.29, 0.717) is 13.1 Å². The van der Waals surface area contributed by atoms with Crippen molar-refractivity contribution in [3.8, 4) is 11.5 Å². The Kier molecular flexibility index (Phi) is 15.1. The molecule has 2 aliphatic rings. The summed E-state index contributed by atoms with van der Waals surface area (Å²) in [4.78, 5) is 8.22. The van der Waals surface area contributed by atoms with Gasteiger partial charge >= 0.3 is 5.96 Å². The summed E-state index contributed by atoms with van der Waals surface area (Å²) in [5.74, 6) is 3.36. The van der Waals surface area contributed by atoms with Crippen LogP contribution in [0.25, 0.3) is 0 Å². The summed E-state index contributed by atoms with van der Waals surface area (Å²) in [7, 11) is 3.42. The molecule has 70 heavy (non-hydrogen) atoms. The highest BCUT2D eigenvalue weighted by Gasteiger charge is 2.50.